The molecule has 12 nitrogen and oxygen atoms in total. The first-order valence-corrected chi connectivity index (χ1v) is 17.5. The minimum atomic E-state index is -3.22. The van der Waals surface area contributed by atoms with Crippen molar-refractivity contribution in [2.24, 2.45) is 5.92 Å². The molecule has 1 aromatic heterocycles. The topological polar surface area (TPSA) is 160 Å². The Labute approximate surface area is 263 Å². The van der Waals surface area contributed by atoms with Crippen LogP contribution >= 0.6 is 0 Å². The van der Waals surface area contributed by atoms with Gasteiger partial charge in [0.25, 0.3) is 5.91 Å². The number of sulfone groups is 1. The Kier molecular flexibility index (Phi) is 11.3. The molecule has 0 spiro atoms. The van der Waals surface area contributed by atoms with Gasteiger partial charge in [0.05, 0.1) is 17.2 Å². The molecular formula is C31H43FN6O6S. The molecule has 4 rings (SSSR count). The maximum Gasteiger partial charge on any atom is 0.270 e. The van der Waals surface area contributed by atoms with Crippen LogP contribution in [0.4, 0.5) is 10.1 Å². The molecule has 246 valence electrons. The van der Waals surface area contributed by atoms with Crippen molar-refractivity contribution in [3.8, 4) is 0 Å². The number of nitrogens with zero attached hydrogens (tertiary/aromatic N) is 3. The lowest BCUT2D eigenvalue weighted by Crippen LogP contribution is -2.54. The van der Waals surface area contributed by atoms with Gasteiger partial charge in [0, 0.05) is 38.2 Å². The van der Waals surface area contributed by atoms with Gasteiger partial charge in [0.15, 0.2) is 9.84 Å². The average molecular weight is 647 g/mol. The van der Waals surface area contributed by atoms with Gasteiger partial charge in [-0.2, -0.15) is 5.10 Å². The van der Waals surface area contributed by atoms with Crippen molar-refractivity contribution >= 4 is 39.2 Å². The number of nitrogens with one attached hydrogen (secondary N) is 3. The van der Waals surface area contributed by atoms with E-state index in [1.807, 2.05) is 6.92 Å². The number of carbonyl (C=O) groups is 4. The molecule has 2 aromatic rings. The smallest absolute Gasteiger partial charge is 0.270 e. The fraction of sp³-hybridized carbons (Fsp3) is 0.581. The van der Waals surface area contributed by atoms with Crippen molar-refractivity contribution in [2.75, 3.05) is 29.9 Å². The summed E-state index contributed by atoms with van der Waals surface area (Å²) < 4.78 is 40.8. The predicted molar refractivity (Wildman–Crippen MR) is 167 cm³/mol. The molecule has 1 aliphatic heterocycles. The molecular weight excluding hydrogens is 603 g/mol. The van der Waals surface area contributed by atoms with Crippen molar-refractivity contribution in [3.63, 3.8) is 0 Å². The van der Waals surface area contributed by atoms with E-state index >= 15 is 4.39 Å². The Bertz CT molecular complexity index is 1490. The van der Waals surface area contributed by atoms with Crippen LogP contribution in [0.1, 0.15) is 81.3 Å². The Morgan fingerprint density at radius 2 is 1.71 bits per heavy atom. The zero-order valence-electron chi connectivity index (χ0n) is 26.1. The highest BCUT2D eigenvalue weighted by Crippen LogP contribution is 2.29. The molecule has 4 amide bonds. The summed E-state index contributed by atoms with van der Waals surface area (Å²) in [4.78, 5) is 53.9. The summed E-state index contributed by atoms with van der Waals surface area (Å²) in [5.41, 5.74) is 0.669. The van der Waals surface area contributed by atoms with Gasteiger partial charge in [-0.25, -0.2) is 12.8 Å². The second-order valence-corrected chi connectivity index (χ2v) is 14.1. The van der Waals surface area contributed by atoms with Crippen LogP contribution in [0.15, 0.2) is 30.5 Å². The summed E-state index contributed by atoms with van der Waals surface area (Å²) in [5, 5.41) is 12.4. The quantitative estimate of drug-likeness (QED) is 0.338. The van der Waals surface area contributed by atoms with Crippen molar-refractivity contribution in [1.82, 2.24) is 25.3 Å². The van der Waals surface area contributed by atoms with Crippen LogP contribution in [-0.4, -0.2) is 83.4 Å². The number of aryl methyl sites for hydroxylation is 1. The van der Waals surface area contributed by atoms with Gasteiger partial charge in [-0.3, -0.25) is 23.9 Å². The van der Waals surface area contributed by atoms with E-state index in [-0.39, 0.29) is 48.5 Å². The molecule has 1 saturated heterocycles. The molecule has 0 radical (unpaired) electrons. The lowest BCUT2D eigenvalue weighted by molar-refractivity contribution is -0.136. The van der Waals surface area contributed by atoms with Crippen LogP contribution in [0.3, 0.4) is 0 Å². The van der Waals surface area contributed by atoms with Crippen LogP contribution in [0.5, 0.6) is 0 Å². The zero-order valence-corrected chi connectivity index (χ0v) is 26.9. The summed E-state index contributed by atoms with van der Waals surface area (Å²) in [5.74, 6) is -3.58. The normalized spacial score (nSPS) is 18.8. The first-order chi connectivity index (χ1) is 21.4. The summed E-state index contributed by atoms with van der Waals surface area (Å²) in [6.07, 6.45) is 6.07. The van der Waals surface area contributed by atoms with Crippen molar-refractivity contribution in [1.29, 1.82) is 0 Å². The Morgan fingerprint density at radius 1 is 1.02 bits per heavy atom. The fourth-order valence-corrected chi connectivity index (χ4v) is 7.18. The maximum atomic E-state index is 15.5. The Hall–Kier alpha value is -3.81. The highest BCUT2D eigenvalue weighted by Gasteiger charge is 2.35. The molecule has 1 saturated carbocycles. The summed E-state index contributed by atoms with van der Waals surface area (Å²) in [7, 11) is -3.22. The van der Waals surface area contributed by atoms with Crippen molar-refractivity contribution in [2.45, 2.75) is 83.8 Å². The van der Waals surface area contributed by atoms with Crippen LogP contribution in [-0.2, 0) is 30.8 Å². The van der Waals surface area contributed by atoms with Gasteiger partial charge in [-0.15, -0.1) is 0 Å². The maximum absolute atomic E-state index is 15.5. The SMILES string of the molecule is CCC(=O)N[C@@H](C(=O)N1CCS(=O)(=O)CC1)[C@@H](C)c1ccc(NC(=O)[C@@H](NC(=O)c2ccnn2CC)C2CCCCC2)c(F)c1. The molecule has 3 atom stereocenters. The van der Waals surface area contributed by atoms with E-state index in [4.69, 9.17) is 0 Å². The number of amides is 4. The van der Waals surface area contributed by atoms with Crippen molar-refractivity contribution < 1.29 is 32.0 Å². The summed E-state index contributed by atoms with van der Waals surface area (Å²) in [6.45, 7) is 5.71. The predicted octanol–water partition coefficient (Wildman–Crippen LogP) is 2.61. The highest BCUT2D eigenvalue weighted by atomic mass is 32.2. The van der Waals surface area contributed by atoms with E-state index in [9.17, 15) is 27.6 Å². The monoisotopic (exact) mass is 646 g/mol. The van der Waals surface area contributed by atoms with Gasteiger partial charge in [0.1, 0.15) is 23.6 Å². The number of hydrogen-bond acceptors (Lipinski definition) is 7. The fourth-order valence-electron chi connectivity index (χ4n) is 5.98. The van der Waals surface area contributed by atoms with E-state index in [2.05, 4.69) is 21.0 Å². The number of benzene rings is 1. The number of aromatic nitrogens is 2. The van der Waals surface area contributed by atoms with E-state index < -0.39 is 51.4 Å². The van der Waals surface area contributed by atoms with E-state index in [1.54, 1.807) is 30.7 Å². The molecule has 45 heavy (non-hydrogen) atoms. The third-order valence-corrected chi connectivity index (χ3v) is 10.4. The standard InChI is InChI=1S/C31H43FN6O6S/c1-4-26(39)35-27(31(42)37-15-17-45(43,44)18-16-37)20(3)22-11-12-24(23(32)19-22)34-30(41)28(21-9-7-6-8-10-21)36-29(40)25-13-14-33-38(25)5-2/h11-14,19-21,27-28H,4-10,15-18H2,1-3H3,(H,34,41)(H,35,39)(H,36,40)/t20-,27+,28-/m0/s1. The number of carbonyl (C=O) groups excluding carboxylic acids is 4. The number of rotatable bonds is 11. The second kappa shape index (κ2) is 15.0. The Balaban J connectivity index is 1.51. The third-order valence-electron chi connectivity index (χ3n) is 8.78. The van der Waals surface area contributed by atoms with Crippen molar-refractivity contribution in [3.05, 3.63) is 47.5 Å². The third kappa shape index (κ3) is 8.47. The van der Waals surface area contributed by atoms with Gasteiger partial charge in [-0.1, -0.05) is 39.2 Å². The molecule has 1 aliphatic carbocycles. The van der Waals surface area contributed by atoms with Gasteiger partial charge < -0.3 is 20.9 Å². The van der Waals surface area contributed by atoms with Crippen LogP contribution in [0, 0.1) is 11.7 Å². The second-order valence-electron chi connectivity index (χ2n) is 11.8. The largest absolute Gasteiger partial charge is 0.344 e. The molecule has 3 N–H and O–H groups in total. The lowest BCUT2D eigenvalue weighted by Gasteiger charge is -2.33. The molecule has 0 bridgehead atoms. The van der Waals surface area contributed by atoms with E-state index in [0.29, 0.717) is 17.8 Å². The van der Waals surface area contributed by atoms with E-state index in [0.717, 1.165) is 32.1 Å². The van der Waals surface area contributed by atoms with Gasteiger partial charge >= 0.3 is 0 Å². The molecule has 2 heterocycles. The zero-order chi connectivity index (χ0) is 32.7. The van der Waals surface area contributed by atoms with E-state index in [1.165, 1.54) is 23.2 Å². The van der Waals surface area contributed by atoms with Gasteiger partial charge in [-0.05, 0) is 49.4 Å². The first-order valence-electron chi connectivity index (χ1n) is 15.7. The molecule has 14 heteroatoms. The number of hydrogen-bond donors (Lipinski definition) is 3. The molecule has 0 unspecified atom stereocenters. The number of halogens is 1. The minimum Gasteiger partial charge on any atom is -0.344 e. The Morgan fingerprint density at radius 3 is 2.33 bits per heavy atom. The molecule has 1 aromatic carbocycles. The molecule has 2 aliphatic rings. The lowest BCUT2D eigenvalue weighted by atomic mass is 9.83. The number of anilines is 1. The molecule has 2 fully saturated rings. The van der Waals surface area contributed by atoms with Crippen LogP contribution < -0.4 is 16.0 Å². The van der Waals surface area contributed by atoms with Gasteiger partial charge in [0.2, 0.25) is 17.7 Å². The van der Waals surface area contributed by atoms with Crippen LogP contribution in [0.25, 0.3) is 0 Å². The van der Waals surface area contributed by atoms with Crippen LogP contribution in [0.2, 0.25) is 0 Å². The average Bonchev–Trinajstić information content (AvgIpc) is 3.52. The first kappa shape index (κ1) is 34.1. The minimum absolute atomic E-state index is 0.0190. The highest BCUT2D eigenvalue weighted by molar-refractivity contribution is 7.91. The summed E-state index contributed by atoms with van der Waals surface area (Å²) in [6, 6.07) is 3.87. The summed E-state index contributed by atoms with van der Waals surface area (Å²) >= 11 is 0.